The molecule has 0 aliphatic carbocycles. The number of thiazole rings is 1. The summed E-state index contributed by atoms with van der Waals surface area (Å²) in [6.07, 6.45) is 0.869. The Bertz CT molecular complexity index is 1130. The molecule has 2 aromatic heterocycles. The zero-order valence-corrected chi connectivity index (χ0v) is 17.6. The van der Waals surface area contributed by atoms with Crippen molar-refractivity contribution in [2.24, 2.45) is 0 Å². The monoisotopic (exact) mass is 457 g/mol. The quantitative estimate of drug-likeness (QED) is 0.429. The van der Waals surface area contributed by atoms with Crippen molar-refractivity contribution in [2.75, 3.05) is 12.3 Å². The van der Waals surface area contributed by atoms with E-state index in [-0.39, 0.29) is 5.91 Å². The molecular weight excluding hydrogens is 442 g/mol. The number of carbonyl (C=O) groups excluding carboxylic acids is 1. The van der Waals surface area contributed by atoms with E-state index in [1.54, 1.807) is 11.3 Å². The number of carbonyl (C=O) groups is 1. The second kappa shape index (κ2) is 6.96. The van der Waals surface area contributed by atoms with Crippen molar-refractivity contribution in [2.45, 2.75) is 17.3 Å². The van der Waals surface area contributed by atoms with E-state index in [4.69, 9.17) is 0 Å². The highest BCUT2D eigenvalue weighted by molar-refractivity contribution is 9.10. The van der Waals surface area contributed by atoms with E-state index in [0.29, 0.717) is 12.3 Å². The average molecular weight is 458 g/mol. The number of halogens is 1. The Morgan fingerprint density at radius 1 is 1.26 bits per heavy atom. The minimum atomic E-state index is 0.175. The molecule has 136 valence electrons. The first-order valence-electron chi connectivity index (χ1n) is 8.73. The molecule has 0 radical (unpaired) electrons. The van der Waals surface area contributed by atoms with Crippen LogP contribution >= 0.6 is 39.0 Å². The Kier molecular flexibility index (Phi) is 4.46. The summed E-state index contributed by atoms with van der Waals surface area (Å²) in [4.78, 5) is 22.9. The zero-order valence-electron chi connectivity index (χ0n) is 14.4. The van der Waals surface area contributed by atoms with Crippen molar-refractivity contribution in [1.29, 1.82) is 0 Å². The minimum absolute atomic E-state index is 0.175. The third kappa shape index (κ3) is 3.17. The molecule has 2 aromatic carbocycles. The topological polar surface area (TPSA) is 49.0 Å². The number of nitrogens with zero attached hydrogens (tertiary/aromatic N) is 2. The van der Waals surface area contributed by atoms with Gasteiger partial charge in [-0.1, -0.05) is 36.0 Å². The highest BCUT2D eigenvalue weighted by Crippen LogP contribution is 2.33. The van der Waals surface area contributed by atoms with Gasteiger partial charge in [0, 0.05) is 40.6 Å². The number of fused-ring (bicyclic) bond motifs is 4. The van der Waals surface area contributed by atoms with Gasteiger partial charge in [0.25, 0.3) is 0 Å². The van der Waals surface area contributed by atoms with Gasteiger partial charge in [0.05, 0.1) is 21.5 Å². The fraction of sp³-hybridized carbons (Fsp3) is 0.200. The van der Waals surface area contributed by atoms with Crippen LogP contribution in [0.5, 0.6) is 0 Å². The molecule has 4 nitrogen and oxygen atoms in total. The Balaban J connectivity index is 1.31. The summed E-state index contributed by atoms with van der Waals surface area (Å²) < 4.78 is 3.19. The number of aromatic nitrogens is 2. The summed E-state index contributed by atoms with van der Waals surface area (Å²) in [7, 11) is 0. The van der Waals surface area contributed by atoms with Crippen molar-refractivity contribution in [1.82, 2.24) is 14.9 Å². The number of amides is 1. The molecule has 0 saturated carbocycles. The van der Waals surface area contributed by atoms with Crippen LogP contribution in [0.1, 0.15) is 11.3 Å². The smallest absolute Gasteiger partial charge is 0.233 e. The summed E-state index contributed by atoms with van der Waals surface area (Å²) in [5.41, 5.74) is 4.63. The molecule has 0 fully saturated rings. The van der Waals surface area contributed by atoms with Crippen LogP contribution in [-0.4, -0.2) is 33.1 Å². The van der Waals surface area contributed by atoms with E-state index in [1.165, 1.54) is 33.1 Å². The molecule has 27 heavy (non-hydrogen) atoms. The highest BCUT2D eigenvalue weighted by atomic mass is 79.9. The van der Waals surface area contributed by atoms with Gasteiger partial charge < -0.3 is 9.88 Å². The number of benzene rings is 2. The van der Waals surface area contributed by atoms with Crippen LogP contribution in [0.15, 0.2) is 51.3 Å². The molecule has 3 heterocycles. The lowest BCUT2D eigenvalue weighted by molar-refractivity contribution is -0.129. The number of para-hydroxylation sites is 2. The van der Waals surface area contributed by atoms with Gasteiger partial charge in [-0.25, -0.2) is 4.98 Å². The molecule has 0 unspecified atom stereocenters. The molecule has 1 aliphatic rings. The number of aromatic amines is 1. The van der Waals surface area contributed by atoms with Crippen LogP contribution in [-0.2, 0) is 17.8 Å². The predicted molar refractivity (Wildman–Crippen MR) is 115 cm³/mol. The third-order valence-corrected chi connectivity index (χ3v) is 7.73. The Labute approximate surface area is 173 Å². The van der Waals surface area contributed by atoms with Crippen LogP contribution in [0.4, 0.5) is 0 Å². The Hall–Kier alpha value is -1.83. The molecule has 0 saturated heterocycles. The number of hydrogen-bond acceptors (Lipinski definition) is 4. The molecule has 1 aliphatic heterocycles. The van der Waals surface area contributed by atoms with Gasteiger partial charge in [-0.15, -0.1) is 11.3 Å². The molecule has 5 rings (SSSR count). The third-order valence-electron chi connectivity index (χ3n) is 4.91. The van der Waals surface area contributed by atoms with Crippen molar-refractivity contribution in [3.05, 3.63) is 58.2 Å². The fourth-order valence-electron chi connectivity index (χ4n) is 3.54. The van der Waals surface area contributed by atoms with Crippen LogP contribution in [0.2, 0.25) is 0 Å². The predicted octanol–water partition coefficient (Wildman–Crippen LogP) is 5.22. The summed E-state index contributed by atoms with van der Waals surface area (Å²) >= 11 is 6.80. The lowest BCUT2D eigenvalue weighted by Gasteiger charge is -2.27. The van der Waals surface area contributed by atoms with Crippen LogP contribution < -0.4 is 0 Å². The van der Waals surface area contributed by atoms with Crippen LogP contribution in [0.3, 0.4) is 0 Å². The Morgan fingerprint density at radius 2 is 2.15 bits per heavy atom. The maximum Gasteiger partial charge on any atom is 0.233 e. The van der Waals surface area contributed by atoms with Crippen LogP contribution in [0, 0.1) is 0 Å². The standard InChI is InChI=1S/C20H16BrN3OS2/c21-14-5-3-4-12-13-10-24(9-8-15(13)22-19(12)14)18(25)11-26-20-23-16-6-1-2-7-17(16)27-20/h1-7,22H,8-11H2. The number of nitrogens with one attached hydrogen (secondary N) is 1. The molecule has 1 N–H and O–H groups in total. The number of H-pyrrole nitrogens is 1. The van der Waals surface area contributed by atoms with Crippen molar-refractivity contribution in [3.63, 3.8) is 0 Å². The number of thioether (sulfide) groups is 1. The highest BCUT2D eigenvalue weighted by Gasteiger charge is 2.24. The second-order valence-electron chi connectivity index (χ2n) is 6.55. The van der Waals surface area contributed by atoms with E-state index >= 15 is 0 Å². The lowest BCUT2D eigenvalue weighted by Crippen LogP contribution is -2.36. The largest absolute Gasteiger partial charge is 0.357 e. The molecular formula is C20H16BrN3OS2. The molecule has 1 amide bonds. The number of hydrogen-bond donors (Lipinski definition) is 1. The zero-order chi connectivity index (χ0) is 18.4. The van der Waals surface area contributed by atoms with Gasteiger partial charge in [-0.05, 0) is 34.1 Å². The Morgan fingerprint density at radius 3 is 3.04 bits per heavy atom. The summed E-state index contributed by atoms with van der Waals surface area (Å²) in [5, 5.41) is 1.20. The molecule has 0 bridgehead atoms. The van der Waals surface area contributed by atoms with Crippen molar-refractivity contribution < 1.29 is 4.79 Å². The molecule has 7 heteroatoms. The van der Waals surface area contributed by atoms with Gasteiger partial charge in [-0.2, -0.15) is 0 Å². The first kappa shape index (κ1) is 17.3. The normalized spacial score (nSPS) is 14.0. The fourth-order valence-corrected chi connectivity index (χ4v) is 5.98. The summed E-state index contributed by atoms with van der Waals surface area (Å²) in [6, 6.07) is 14.3. The SMILES string of the molecule is O=C(CSc1nc2ccccc2s1)N1CCc2[nH]c3c(Br)cccc3c2C1. The van der Waals surface area contributed by atoms with Crippen molar-refractivity contribution >= 4 is 66.1 Å². The number of rotatable bonds is 3. The van der Waals surface area contributed by atoms with Gasteiger partial charge in [0.2, 0.25) is 5.91 Å². The molecule has 0 spiro atoms. The second-order valence-corrected chi connectivity index (χ2v) is 9.65. The first-order valence-corrected chi connectivity index (χ1v) is 11.3. The van der Waals surface area contributed by atoms with E-state index in [9.17, 15) is 4.79 Å². The lowest BCUT2D eigenvalue weighted by atomic mass is 10.0. The van der Waals surface area contributed by atoms with E-state index in [2.05, 4.69) is 38.0 Å². The van der Waals surface area contributed by atoms with Crippen LogP contribution in [0.25, 0.3) is 21.1 Å². The van der Waals surface area contributed by atoms with Crippen molar-refractivity contribution in [3.8, 4) is 0 Å². The van der Waals surface area contributed by atoms with E-state index in [1.807, 2.05) is 35.2 Å². The maximum atomic E-state index is 12.8. The van der Waals surface area contributed by atoms with E-state index in [0.717, 1.165) is 32.8 Å². The summed E-state index contributed by atoms with van der Waals surface area (Å²) in [6.45, 7) is 1.43. The minimum Gasteiger partial charge on any atom is -0.357 e. The van der Waals surface area contributed by atoms with E-state index < -0.39 is 0 Å². The van der Waals surface area contributed by atoms with Gasteiger partial charge in [0.1, 0.15) is 0 Å². The van der Waals surface area contributed by atoms with Gasteiger partial charge >= 0.3 is 0 Å². The molecule has 4 aromatic rings. The average Bonchev–Trinajstić information content (AvgIpc) is 3.27. The maximum absolute atomic E-state index is 12.8. The molecule has 0 atom stereocenters. The summed E-state index contributed by atoms with van der Waals surface area (Å²) in [5.74, 6) is 0.607. The van der Waals surface area contributed by atoms with Gasteiger partial charge in [-0.3, -0.25) is 4.79 Å². The first-order chi connectivity index (χ1) is 13.2. The van der Waals surface area contributed by atoms with Gasteiger partial charge in [0.15, 0.2) is 4.34 Å².